The van der Waals surface area contributed by atoms with Gasteiger partial charge in [0.05, 0.1) is 6.17 Å². The molecule has 6 rings (SSSR count). The fourth-order valence-corrected chi connectivity index (χ4v) is 9.56. The zero-order valence-corrected chi connectivity index (χ0v) is 21.2. The summed E-state index contributed by atoms with van der Waals surface area (Å²) >= 11 is 0. The van der Waals surface area contributed by atoms with Crippen molar-refractivity contribution in [2.24, 2.45) is 53.3 Å². The van der Waals surface area contributed by atoms with E-state index in [-0.39, 0.29) is 0 Å². The summed E-state index contributed by atoms with van der Waals surface area (Å²) in [7, 11) is 0. The highest BCUT2D eigenvalue weighted by atomic mass is 15.3. The van der Waals surface area contributed by atoms with Crippen molar-refractivity contribution in [1.82, 2.24) is 20.9 Å². The minimum Gasteiger partial charge on any atom is -0.316 e. The lowest BCUT2D eigenvalue weighted by molar-refractivity contribution is 0.0781. The summed E-state index contributed by atoms with van der Waals surface area (Å²) in [5.74, 6) is 8.12. The Morgan fingerprint density at radius 1 is 0.812 bits per heavy atom. The number of rotatable bonds is 4. The van der Waals surface area contributed by atoms with E-state index in [9.17, 15) is 0 Å². The molecule has 0 aromatic rings. The second-order valence-corrected chi connectivity index (χ2v) is 13.4. The van der Waals surface area contributed by atoms with Crippen LogP contribution in [0, 0.1) is 53.3 Å². The van der Waals surface area contributed by atoms with Crippen LogP contribution in [-0.2, 0) is 0 Å². The Bertz CT molecular complexity index is 668. The van der Waals surface area contributed by atoms with Crippen LogP contribution in [0.3, 0.4) is 0 Å². The maximum Gasteiger partial charge on any atom is 0.0631 e. The van der Waals surface area contributed by atoms with Gasteiger partial charge < -0.3 is 16.0 Å². The first-order valence-corrected chi connectivity index (χ1v) is 14.5. The van der Waals surface area contributed by atoms with Gasteiger partial charge in [-0.2, -0.15) is 0 Å². The van der Waals surface area contributed by atoms with Gasteiger partial charge in [0.2, 0.25) is 0 Å². The Balaban J connectivity index is 1.21. The van der Waals surface area contributed by atoms with Gasteiger partial charge in [-0.15, -0.1) is 0 Å². The van der Waals surface area contributed by atoms with Gasteiger partial charge in [-0.1, -0.05) is 27.7 Å². The predicted octanol–water partition coefficient (Wildman–Crippen LogP) is 3.93. The third-order valence-corrected chi connectivity index (χ3v) is 11.3. The van der Waals surface area contributed by atoms with Crippen molar-refractivity contribution in [2.45, 2.75) is 96.9 Å². The molecule has 0 amide bonds. The van der Waals surface area contributed by atoms with E-state index in [1.54, 1.807) is 0 Å². The summed E-state index contributed by atoms with van der Waals surface area (Å²) < 4.78 is 0. The Labute approximate surface area is 197 Å². The molecule has 0 aromatic heterocycles. The molecule has 4 heteroatoms. The normalized spacial score (nSPS) is 56.1. The van der Waals surface area contributed by atoms with Gasteiger partial charge in [-0.05, 0) is 118 Å². The molecule has 0 spiro atoms. The molecule has 0 aromatic carbocycles. The van der Waals surface area contributed by atoms with E-state index in [0.29, 0.717) is 12.2 Å². The second-order valence-electron chi connectivity index (χ2n) is 13.4. The first-order valence-electron chi connectivity index (χ1n) is 14.5. The predicted molar refractivity (Wildman–Crippen MR) is 132 cm³/mol. The number of piperidine rings is 2. The number of hydrogen-bond acceptors (Lipinski definition) is 4. The largest absolute Gasteiger partial charge is 0.316 e. The molecule has 182 valence electrons. The number of nitrogens with zero attached hydrogens (tertiary/aromatic N) is 1. The summed E-state index contributed by atoms with van der Waals surface area (Å²) in [5, 5.41) is 12.1. The smallest absolute Gasteiger partial charge is 0.0631 e. The van der Waals surface area contributed by atoms with Crippen molar-refractivity contribution in [2.75, 3.05) is 26.2 Å². The third kappa shape index (κ3) is 3.89. The highest BCUT2D eigenvalue weighted by molar-refractivity contribution is 5.09. The van der Waals surface area contributed by atoms with Crippen molar-refractivity contribution in [3.8, 4) is 0 Å². The van der Waals surface area contributed by atoms with E-state index in [4.69, 9.17) is 0 Å². The van der Waals surface area contributed by atoms with Crippen LogP contribution in [0.5, 0.6) is 0 Å². The topological polar surface area (TPSA) is 39.3 Å². The maximum atomic E-state index is 4.37. The van der Waals surface area contributed by atoms with E-state index in [2.05, 4.69) is 48.5 Å². The molecule has 3 saturated carbocycles. The van der Waals surface area contributed by atoms with Crippen LogP contribution >= 0.6 is 0 Å². The molecule has 8 unspecified atom stereocenters. The Morgan fingerprint density at radius 3 is 2.47 bits per heavy atom. The number of hydrogen-bond donors (Lipinski definition) is 3. The van der Waals surface area contributed by atoms with E-state index in [1.807, 2.05) is 0 Å². The molecule has 3 heterocycles. The highest BCUT2D eigenvalue weighted by Gasteiger charge is 2.56. The maximum absolute atomic E-state index is 4.37. The van der Waals surface area contributed by atoms with Crippen LogP contribution in [-0.4, -0.2) is 55.4 Å². The summed E-state index contributed by atoms with van der Waals surface area (Å²) in [6, 6.07) is 2.24. The van der Waals surface area contributed by atoms with Crippen LogP contribution < -0.4 is 16.0 Å². The lowest BCUT2D eigenvalue weighted by atomic mass is 9.68. The molecule has 13 atom stereocenters. The van der Waals surface area contributed by atoms with Gasteiger partial charge in [0, 0.05) is 24.7 Å². The third-order valence-electron chi connectivity index (χ3n) is 11.3. The zero-order valence-electron chi connectivity index (χ0n) is 21.2. The Kier molecular flexibility index (Phi) is 6.14. The van der Waals surface area contributed by atoms with E-state index >= 15 is 0 Å². The fourth-order valence-electron chi connectivity index (χ4n) is 9.56. The van der Waals surface area contributed by atoms with Crippen LogP contribution in [0.15, 0.2) is 0 Å². The van der Waals surface area contributed by atoms with Gasteiger partial charge in [0.25, 0.3) is 0 Å². The van der Waals surface area contributed by atoms with Gasteiger partial charge in [-0.25, -0.2) is 0 Å². The minimum atomic E-state index is 0.660. The lowest BCUT2D eigenvalue weighted by Crippen LogP contribution is -2.55. The number of nitrogens with one attached hydrogen (secondary N) is 3. The average molecular weight is 443 g/mol. The molecular weight excluding hydrogens is 392 g/mol. The van der Waals surface area contributed by atoms with Crippen LogP contribution in [0.4, 0.5) is 0 Å². The SMILES string of the molecule is CC1CC2CCNC[C@H]2C(N[C@H]2CC(N3CC(C)C4CCCNC43)[C@H](C3C[C@H]3C)[C@@H]2C)C1. The Hall–Kier alpha value is -0.160. The van der Waals surface area contributed by atoms with Crippen molar-refractivity contribution >= 4 is 0 Å². The molecule has 0 radical (unpaired) electrons. The van der Waals surface area contributed by atoms with Crippen molar-refractivity contribution < 1.29 is 0 Å². The first-order chi connectivity index (χ1) is 15.5. The number of likely N-dealkylation sites (tertiary alicyclic amines) is 1. The van der Waals surface area contributed by atoms with E-state index in [1.165, 1.54) is 71.1 Å². The molecule has 6 fully saturated rings. The molecule has 3 saturated heterocycles. The van der Waals surface area contributed by atoms with Gasteiger partial charge >= 0.3 is 0 Å². The summed E-state index contributed by atoms with van der Waals surface area (Å²) in [4.78, 5) is 3.00. The first kappa shape index (κ1) is 22.3. The average Bonchev–Trinajstić information content (AvgIpc) is 3.28. The second kappa shape index (κ2) is 8.81. The summed E-state index contributed by atoms with van der Waals surface area (Å²) in [6.45, 7) is 15.3. The van der Waals surface area contributed by atoms with Crippen molar-refractivity contribution in [3.05, 3.63) is 0 Å². The van der Waals surface area contributed by atoms with Crippen LogP contribution in [0.2, 0.25) is 0 Å². The monoisotopic (exact) mass is 442 g/mol. The molecule has 0 bridgehead atoms. The van der Waals surface area contributed by atoms with Crippen molar-refractivity contribution in [3.63, 3.8) is 0 Å². The quantitative estimate of drug-likeness (QED) is 0.617. The standard InChI is InChI=1S/C28H50N4/c1-16-10-20-7-9-29-14-23(20)25(11-16)31-24-13-26(27(19(24)4)22-12-17(22)2)32-15-18(3)21-6-5-8-30-28(21)32/h16-31H,5-15H2,1-4H3/t16?,17-,18?,19-,20?,21?,22?,23-,24+,25?,26?,27+,28?/m1/s1. The molecular formula is C28H50N4. The number of fused-ring (bicyclic) bond motifs is 2. The lowest BCUT2D eigenvalue weighted by Gasteiger charge is -2.46. The highest BCUT2D eigenvalue weighted by Crippen LogP contribution is 2.55. The van der Waals surface area contributed by atoms with Crippen molar-refractivity contribution in [1.29, 1.82) is 0 Å². The Morgan fingerprint density at radius 2 is 1.66 bits per heavy atom. The van der Waals surface area contributed by atoms with Gasteiger partial charge in [0.15, 0.2) is 0 Å². The molecule has 3 aliphatic heterocycles. The van der Waals surface area contributed by atoms with Crippen LogP contribution in [0.25, 0.3) is 0 Å². The van der Waals surface area contributed by atoms with Gasteiger partial charge in [0.1, 0.15) is 0 Å². The minimum absolute atomic E-state index is 0.660. The molecule has 32 heavy (non-hydrogen) atoms. The summed E-state index contributed by atoms with van der Waals surface area (Å²) in [5.41, 5.74) is 0. The van der Waals surface area contributed by atoms with Gasteiger partial charge in [-0.3, -0.25) is 4.90 Å². The van der Waals surface area contributed by atoms with E-state index in [0.717, 1.165) is 65.3 Å². The van der Waals surface area contributed by atoms with E-state index < -0.39 is 0 Å². The molecule has 4 nitrogen and oxygen atoms in total. The fraction of sp³-hybridized carbons (Fsp3) is 1.00. The zero-order chi connectivity index (χ0) is 22.0. The molecule has 3 aliphatic carbocycles. The molecule has 6 aliphatic rings. The molecule has 3 N–H and O–H groups in total. The van der Waals surface area contributed by atoms with Crippen LogP contribution in [0.1, 0.15) is 72.6 Å². The summed E-state index contributed by atoms with van der Waals surface area (Å²) in [6.07, 6.45) is 10.6.